The Morgan fingerprint density at radius 3 is 2.68 bits per heavy atom. The van der Waals surface area contributed by atoms with Crippen LogP contribution < -0.4 is 10.2 Å². The molecule has 2 heterocycles. The molecule has 22 heavy (non-hydrogen) atoms. The first kappa shape index (κ1) is 15.8. The lowest BCUT2D eigenvalue weighted by atomic mass is 9.82. The molecule has 0 atom stereocenters. The Morgan fingerprint density at radius 2 is 2.05 bits per heavy atom. The number of nitrogens with one attached hydrogen (secondary N) is 1. The van der Waals surface area contributed by atoms with Gasteiger partial charge in [0.25, 0.3) is 0 Å². The van der Waals surface area contributed by atoms with Crippen LogP contribution in [0.4, 0.5) is 5.00 Å². The molecule has 3 rings (SSSR count). The van der Waals surface area contributed by atoms with E-state index in [0.717, 1.165) is 51.6 Å². The summed E-state index contributed by atoms with van der Waals surface area (Å²) in [6, 6.07) is 4.50. The summed E-state index contributed by atoms with van der Waals surface area (Å²) in [5, 5.41) is 17.0. The van der Waals surface area contributed by atoms with Gasteiger partial charge in [0.15, 0.2) is 0 Å². The fourth-order valence-electron chi connectivity index (χ4n) is 3.66. The molecule has 2 fully saturated rings. The molecule has 0 spiro atoms. The van der Waals surface area contributed by atoms with Crippen LogP contribution in [0.15, 0.2) is 17.5 Å². The molecule has 1 amide bonds. The standard InChI is InChI=1S/C17H26N2O2S/c20-15(13-17(21)8-2-1-3-9-17)18-14-6-10-19(11-7-14)16-5-4-12-22-16/h4-5,12,14,21H,1-3,6-11,13H2,(H,18,20). The Kier molecular flexibility index (Phi) is 5.03. The van der Waals surface area contributed by atoms with Gasteiger partial charge in [-0.05, 0) is 43.2 Å². The lowest BCUT2D eigenvalue weighted by molar-refractivity contribution is -0.128. The molecule has 0 bridgehead atoms. The van der Waals surface area contributed by atoms with Crippen molar-refractivity contribution < 1.29 is 9.90 Å². The van der Waals surface area contributed by atoms with Crippen molar-refractivity contribution in [3.63, 3.8) is 0 Å². The van der Waals surface area contributed by atoms with E-state index in [0.29, 0.717) is 0 Å². The molecule has 1 saturated carbocycles. The maximum absolute atomic E-state index is 12.2. The summed E-state index contributed by atoms with van der Waals surface area (Å²) in [5.41, 5.74) is -0.750. The lowest BCUT2D eigenvalue weighted by Crippen LogP contribution is -2.47. The van der Waals surface area contributed by atoms with Crippen LogP contribution in [0.5, 0.6) is 0 Å². The zero-order valence-electron chi connectivity index (χ0n) is 13.1. The highest BCUT2D eigenvalue weighted by Crippen LogP contribution is 2.31. The van der Waals surface area contributed by atoms with Gasteiger partial charge in [0.2, 0.25) is 5.91 Å². The van der Waals surface area contributed by atoms with E-state index < -0.39 is 5.60 Å². The van der Waals surface area contributed by atoms with Gasteiger partial charge in [-0.25, -0.2) is 0 Å². The molecule has 2 aliphatic rings. The van der Waals surface area contributed by atoms with E-state index in [1.807, 2.05) is 0 Å². The number of hydrogen-bond acceptors (Lipinski definition) is 4. The van der Waals surface area contributed by atoms with E-state index in [9.17, 15) is 9.90 Å². The number of carbonyl (C=O) groups is 1. The van der Waals surface area contributed by atoms with Crippen LogP contribution in [0.25, 0.3) is 0 Å². The van der Waals surface area contributed by atoms with Crippen LogP contribution >= 0.6 is 11.3 Å². The Labute approximate surface area is 136 Å². The van der Waals surface area contributed by atoms with Crippen LogP contribution in [0, 0.1) is 0 Å². The molecule has 2 N–H and O–H groups in total. The lowest BCUT2D eigenvalue weighted by Gasteiger charge is -2.35. The molecule has 1 aliphatic carbocycles. The van der Waals surface area contributed by atoms with Gasteiger partial charge < -0.3 is 15.3 Å². The Morgan fingerprint density at radius 1 is 1.32 bits per heavy atom. The Hall–Kier alpha value is -1.07. The third kappa shape index (κ3) is 4.02. The quantitative estimate of drug-likeness (QED) is 0.896. The molecular weight excluding hydrogens is 296 g/mol. The molecular formula is C17H26N2O2S. The number of nitrogens with zero attached hydrogens (tertiary/aromatic N) is 1. The van der Waals surface area contributed by atoms with Crippen molar-refractivity contribution in [2.75, 3.05) is 18.0 Å². The second kappa shape index (κ2) is 7.01. The maximum atomic E-state index is 12.2. The van der Waals surface area contributed by atoms with Gasteiger partial charge >= 0.3 is 0 Å². The molecule has 0 unspecified atom stereocenters. The zero-order chi connectivity index (χ0) is 15.4. The van der Waals surface area contributed by atoms with Crippen LogP contribution in [-0.2, 0) is 4.79 Å². The van der Waals surface area contributed by atoms with Crippen molar-refractivity contribution in [2.45, 2.75) is 63.0 Å². The van der Waals surface area contributed by atoms with E-state index in [1.54, 1.807) is 11.3 Å². The average molecular weight is 322 g/mol. The number of aliphatic hydroxyl groups is 1. The number of piperidine rings is 1. The first-order chi connectivity index (χ1) is 10.6. The number of carbonyl (C=O) groups excluding carboxylic acids is 1. The van der Waals surface area contributed by atoms with Gasteiger partial charge in [-0.3, -0.25) is 4.79 Å². The number of rotatable bonds is 4. The van der Waals surface area contributed by atoms with Gasteiger partial charge in [0.05, 0.1) is 17.0 Å². The minimum atomic E-state index is -0.750. The summed E-state index contributed by atoms with van der Waals surface area (Å²) in [6.45, 7) is 1.99. The Bertz CT molecular complexity index is 475. The summed E-state index contributed by atoms with van der Waals surface area (Å²) in [5.74, 6) is 0.0268. The van der Waals surface area contributed by atoms with Crippen molar-refractivity contribution >= 4 is 22.2 Å². The van der Waals surface area contributed by atoms with Crippen molar-refractivity contribution in [2.24, 2.45) is 0 Å². The molecule has 122 valence electrons. The van der Waals surface area contributed by atoms with Crippen molar-refractivity contribution in [1.82, 2.24) is 5.32 Å². The fraction of sp³-hybridized carbons (Fsp3) is 0.706. The highest BCUT2D eigenvalue weighted by molar-refractivity contribution is 7.14. The number of amides is 1. The van der Waals surface area contributed by atoms with E-state index in [-0.39, 0.29) is 18.4 Å². The predicted octanol–water partition coefficient (Wildman–Crippen LogP) is 2.92. The van der Waals surface area contributed by atoms with E-state index >= 15 is 0 Å². The fourth-order valence-corrected chi connectivity index (χ4v) is 4.44. The molecule has 1 aromatic heterocycles. The molecule has 5 heteroatoms. The van der Waals surface area contributed by atoms with E-state index in [4.69, 9.17) is 0 Å². The molecule has 0 aromatic carbocycles. The monoisotopic (exact) mass is 322 g/mol. The molecule has 1 aliphatic heterocycles. The van der Waals surface area contributed by atoms with Crippen molar-refractivity contribution in [3.05, 3.63) is 17.5 Å². The van der Waals surface area contributed by atoms with Crippen LogP contribution in [0.1, 0.15) is 51.4 Å². The molecule has 1 saturated heterocycles. The first-order valence-corrected chi connectivity index (χ1v) is 9.33. The molecule has 1 aromatic rings. The topological polar surface area (TPSA) is 52.6 Å². The summed E-state index contributed by atoms with van der Waals surface area (Å²) in [6.07, 6.45) is 7.08. The van der Waals surface area contributed by atoms with Crippen LogP contribution in [-0.4, -0.2) is 35.7 Å². The van der Waals surface area contributed by atoms with Crippen LogP contribution in [0.3, 0.4) is 0 Å². The van der Waals surface area contributed by atoms with E-state index in [2.05, 4.69) is 27.7 Å². The second-order valence-electron chi connectivity index (χ2n) is 6.74. The normalized spacial score (nSPS) is 22.5. The predicted molar refractivity (Wildman–Crippen MR) is 90.3 cm³/mol. The Balaban J connectivity index is 1.43. The van der Waals surface area contributed by atoms with Crippen molar-refractivity contribution in [3.8, 4) is 0 Å². The van der Waals surface area contributed by atoms with Gasteiger partial charge in [-0.15, -0.1) is 11.3 Å². The molecule has 0 radical (unpaired) electrons. The van der Waals surface area contributed by atoms with Crippen LogP contribution in [0.2, 0.25) is 0 Å². The summed E-state index contributed by atoms with van der Waals surface area (Å²) < 4.78 is 0. The first-order valence-electron chi connectivity index (χ1n) is 8.45. The van der Waals surface area contributed by atoms with Gasteiger partial charge in [0, 0.05) is 19.1 Å². The smallest absolute Gasteiger partial charge is 0.223 e. The third-order valence-electron chi connectivity index (χ3n) is 4.95. The molecule has 4 nitrogen and oxygen atoms in total. The minimum absolute atomic E-state index is 0.0268. The zero-order valence-corrected chi connectivity index (χ0v) is 13.9. The highest BCUT2D eigenvalue weighted by atomic mass is 32.1. The summed E-state index contributed by atoms with van der Waals surface area (Å²) >= 11 is 1.77. The number of anilines is 1. The summed E-state index contributed by atoms with van der Waals surface area (Å²) in [7, 11) is 0. The van der Waals surface area contributed by atoms with E-state index in [1.165, 1.54) is 11.4 Å². The third-order valence-corrected chi connectivity index (χ3v) is 5.88. The van der Waals surface area contributed by atoms with Gasteiger partial charge in [-0.2, -0.15) is 0 Å². The average Bonchev–Trinajstić information content (AvgIpc) is 3.02. The number of thiophene rings is 1. The van der Waals surface area contributed by atoms with Gasteiger partial charge in [0.1, 0.15) is 0 Å². The van der Waals surface area contributed by atoms with Crippen molar-refractivity contribution in [1.29, 1.82) is 0 Å². The number of hydrogen-bond donors (Lipinski definition) is 2. The largest absolute Gasteiger partial charge is 0.389 e. The maximum Gasteiger partial charge on any atom is 0.223 e. The SMILES string of the molecule is O=C(CC1(O)CCCCC1)NC1CCN(c2cccs2)CC1. The van der Waals surface area contributed by atoms with Gasteiger partial charge in [-0.1, -0.05) is 19.3 Å². The highest BCUT2D eigenvalue weighted by Gasteiger charge is 2.32. The second-order valence-corrected chi connectivity index (χ2v) is 7.67. The summed E-state index contributed by atoms with van der Waals surface area (Å²) in [4.78, 5) is 14.6. The minimum Gasteiger partial charge on any atom is -0.389 e.